The maximum absolute atomic E-state index is 4.84. The van der Waals surface area contributed by atoms with Gasteiger partial charge in [0, 0.05) is 31.5 Å². The van der Waals surface area contributed by atoms with E-state index in [0.29, 0.717) is 18.5 Å². The van der Waals surface area contributed by atoms with E-state index >= 15 is 0 Å². The summed E-state index contributed by atoms with van der Waals surface area (Å²) in [5, 5.41) is 18.3. The Morgan fingerprint density at radius 1 is 1.17 bits per heavy atom. The fourth-order valence-electron chi connectivity index (χ4n) is 3.91. The lowest BCUT2D eigenvalue weighted by molar-refractivity contribution is 0.408. The van der Waals surface area contributed by atoms with Crippen LogP contribution in [0.15, 0.2) is 47.5 Å². The number of fused-ring (bicyclic) bond motifs is 2. The van der Waals surface area contributed by atoms with E-state index in [1.165, 1.54) is 16.3 Å². The summed E-state index contributed by atoms with van der Waals surface area (Å²) in [6, 6.07) is 15.3. The molecule has 4 rings (SSSR count). The van der Waals surface area contributed by atoms with Crippen LogP contribution in [-0.2, 0) is 19.5 Å². The van der Waals surface area contributed by atoms with Crippen LogP contribution in [0.25, 0.3) is 10.8 Å². The molecule has 6 nitrogen and oxygen atoms in total. The average Bonchev–Trinajstić information content (AvgIpc) is 3.15. The lowest BCUT2D eigenvalue weighted by atomic mass is 10.1. The zero-order valence-electron chi connectivity index (χ0n) is 17.9. The molecule has 0 saturated heterocycles. The maximum atomic E-state index is 4.84. The number of halogens is 1. The zero-order valence-corrected chi connectivity index (χ0v) is 20.3. The van der Waals surface area contributed by atoms with Crippen LogP contribution in [-0.4, -0.2) is 33.3 Å². The number of benzene rings is 2. The first-order valence-corrected chi connectivity index (χ1v) is 10.6. The molecule has 1 atom stereocenters. The van der Waals surface area contributed by atoms with E-state index in [0.717, 1.165) is 43.5 Å². The Hall–Kier alpha value is -2.16. The molecule has 0 aliphatic carbocycles. The molecule has 0 spiro atoms. The van der Waals surface area contributed by atoms with Crippen LogP contribution in [0.4, 0.5) is 0 Å². The normalized spacial score (nSPS) is 16.3. The van der Waals surface area contributed by atoms with Crippen LogP contribution in [0.2, 0.25) is 0 Å². The van der Waals surface area contributed by atoms with Crippen LogP contribution >= 0.6 is 24.0 Å². The average molecular weight is 518 g/mol. The predicted octanol–water partition coefficient (Wildman–Crippen LogP) is 4.24. The zero-order chi connectivity index (χ0) is 20.2. The fourth-order valence-corrected chi connectivity index (χ4v) is 3.91. The molecule has 1 unspecified atom stereocenters. The van der Waals surface area contributed by atoms with E-state index in [9.17, 15) is 0 Å². The Morgan fingerprint density at radius 2 is 1.97 bits per heavy atom. The fraction of sp³-hybridized carbons (Fsp3) is 0.435. The molecule has 7 heteroatoms. The molecule has 0 saturated carbocycles. The largest absolute Gasteiger partial charge is 0.357 e. The van der Waals surface area contributed by atoms with E-state index in [1.807, 2.05) is 0 Å². The van der Waals surface area contributed by atoms with Gasteiger partial charge >= 0.3 is 0 Å². The molecular weight excluding hydrogens is 487 g/mol. The molecule has 0 fully saturated rings. The van der Waals surface area contributed by atoms with Crippen molar-refractivity contribution in [1.29, 1.82) is 0 Å². The van der Waals surface area contributed by atoms with Crippen LogP contribution in [0.1, 0.15) is 50.3 Å². The van der Waals surface area contributed by atoms with Gasteiger partial charge in [0.1, 0.15) is 11.6 Å². The predicted molar refractivity (Wildman–Crippen MR) is 134 cm³/mol. The van der Waals surface area contributed by atoms with Gasteiger partial charge in [-0.1, -0.05) is 50.2 Å². The van der Waals surface area contributed by atoms with Crippen molar-refractivity contribution in [3.63, 3.8) is 0 Å². The van der Waals surface area contributed by atoms with Gasteiger partial charge in [-0.2, -0.15) is 0 Å². The lowest BCUT2D eigenvalue weighted by Gasteiger charge is -2.27. The van der Waals surface area contributed by atoms with Crippen molar-refractivity contribution < 1.29 is 0 Å². The summed E-state index contributed by atoms with van der Waals surface area (Å²) in [6.45, 7) is 8.82. The van der Waals surface area contributed by atoms with Gasteiger partial charge in [-0.05, 0) is 35.7 Å². The maximum Gasteiger partial charge on any atom is 0.191 e. The van der Waals surface area contributed by atoms with Gasteiger partial charge in [0.05, 0.1) is 6.54 Å². The molecule has 1 aliphatic heterocycles. The monoisotopic (exact) mass is 518 g/mol. The highest BCUT2D eigenvalue weighted by Crippen LogP contribution is 2.20. The first-order valence-electron chi connectivity index (χ1n) is 10.6. The Morgan fingerprint density at radius 3 is 2.73 bits per heavy atom. The molecule has 1 aliphatic rings. The number of guanidine groups is 1. The third kappa shape index (κ3) is 5.11. The quantitative estimate of drug-likeness (QED) is 0.301. The van der Waals surface area contributed by atoms with Crippen molar-refractivity contribution in [2.75, 3.05) is 6.54 Å². The molecule has 3 aromatic rings. The molecule has 2 heterocycles. The summed E-state index contributed by atoms with van der Waals surface area (Å²) in [4.78, 5) is 4.84. The molecule has 0 bridgehead atoms. The lowest BCUT2D eigenvalue weighted by Crippen LogP contribution is -2.47. The van der Waals surface area contributed by atoms with Crippen molar-refractivity contribution in [2.24, 2.45) is 4.99 Å². The molecule has 30 heavy (non-hydrogen) atoms. The topological polar surface area (TPSA) is 67.1 Å². The number of nitrogens with zero attached hydrogens (tertiary/aromatic N) is 4. The van der Waals surface area contributed by atoms with Crippen molar-refractivity contribution in [3.8, 4) is 0 Å². The third-order valence-corrected chi connectivity index (χ3v) is 5.41. The third-order valence-electron chi connectivity index (χ3n) is 5.41. The summed E-state index contributed by atoms with van der Waals surface area (Å²) in [6.07, 6.45) is 1.98. The summed E-state index contributed by atoms with van der Waals surface area (Å²) < 4.78 is 2.28. The Kier molecular flexibility index (Phi) is 7.69. The van der Waals surface area contributed by atoms with Gasteiger partial charge in [0.2, 0.25) is 0 Å². The molecule has 0 radical (unpaired) electrons. The molecule has 2 aromatic carbocycles. The summed E-state index contributed by atoms with van der Waals surface area (Å²) >= 11 is 0. The van der Waals surface area contributed by atoms with Gasteiger partial charge in [0.25, 0.3) is 0 Å². The molecule has 160 valence electrons. The van der Waals surface area contributed by atoms with Crippen molar-refractivity contribution >= 4 is 40.7 Å². The van der Waals surface area contributed by atoms with E-state index in [2.05, 4.69) is 88.6 Å². The molecular formula is C23H31IN6. The van der Waals surface area contributed by atoms with Gasteiger partial charge < -0.3 is 15.2 Å². The number of aryl methyl sites for hydroxylation is 1. The molecule has 0 amide bonds. The second-order valence-electron chi connectivity index (χ2n) is 8.00. The number of hydrogen-bond acceptors (Lipinski definition) is 3. The highest BCUT2D eigenvalue weighted by molar-refractivity contribution is 14.0. The first kappa shape index (κ1) is 22.5. The van der Waals surface area contributed by atoms with Crippen LogP contribution in [0, 0.1) is 0 Å². The number of hydrogen-bond donors (Lipinski definition) is 2. The van der Waals surface area contributed by atoms with Gasteiger partial charge in [-0.25, -0.2) is 4.99 Å². The van der Waals surface area contributed by atoms with Crippen molar-refractivity contribution in [2.45, 2.75) is 58.7 Å². The second-order valence-corrected chi connectivity index (χ2v) is 8.00. The van der Waals surface area contributed by atoms with Gasteiger partial charge in [-0.3, -0.25) is 0 Å². The summed E-state index contributed by atoms with van der Waals surface area (Å²) in [7, 11) is 0. The minimum atomic E-state index is 0. The number of rotatable bonds is 5. The second kappa shape index (κ2) is 10.2. The van der Waals surface area contributed by atoms with Gasteiger partial charge in [0.15, 0.2) is 5.96 Å². The standard InChI is InChI=1S/C23H30N6.HI/c1-4-24-23(25-14-17-9-10-18-7-5-6-8-19(18)13-17)26-20-11-12-21-27-28-22(16(2)3)29(21)15-20;/h5-10,13,16,20H,4,11-12,14-15H2,1-3H3,(H2,24,25,26);1H. The Bertz CT molecular complexity index is 1010. The van der Waals surface area contributed by atoms with E-state index in [1.54, 1.807) is 0 Å². The van der Waals surface area contributed by atoms with Crippen LogP contribution < -0.4 is 10.6 Å². The Balaban J connectivity index is 0.00000256. The smallest absolute Gasteiger partial charge is 0.191 e. The van der Waals surface area contributed by atoms with Crippen molar-refractivity contribution in [3.05, 3.63) is 59.7 Å². The Labute approximate surface area is 195 Å². The van der Waals surface area contributed by atoms with Gasteiger partial charge in [-0.15, -0.1) is 34.2 Å². The van der Waals surface area contributed by atoms with E-state index in [-0.39, 0.29) is 24.0 Å². The summed E-state index contributed by atoms with van der Waals surface area (Å²) in [5.74, 6) is 3.42. The SMILES string of the molecule is CCNC(=NCc1ccc2ccccc2c1)NC1CCc2nnc(C(C)C)n2C1.I. The van der Waals surface area contributed by atoms with E-state index in [4.69, 9.17) is 4.99 Å². The molecule has 2 N–H and O–H groups in total. The van der Waals surface area contributed by atoms with Crippen LogP contribution in [0.5, 0.6) is 0 Å². The van der Waals surface area contributed by atoms with Crippen molar-refractivity contribution in [1.82, 2.24) is 25.4 Å². The highest BCUT2D eigenvalue weighted by atomic mass is 127. The minimum absolute atomic E-state index is 0. The minimum Gasteiger partial charge on any atom is -0.357 e. The van der Waals surface area contributed by atoms with E-state index < -0.39 is 0 Å². The number of aromatic nitrogens is 3. The van der Waals surface area contributed by atoms with Crippen LogP contribution in [0.3, 0.4) is 0 Å². The first-order chi connectivity index (χ1) is 14.1. The summed E-state index contributed by atoms with van der Waals surface area (Å²) in [5.41, 5.74) is 1.22. The number of aliphatic imine (C=N–C) groups is 1. The highest BCUT2D eigenvalue weighted by Gasteiger charge is 2.24. The molecule has 1 aromatic heterocycles. The number of nitrogens with one attached hydrogen (secondary N) is 2.